The van der Waals surface area contributed by atoms with Crippen LogP contribution >= 0.6 is 0 Å². The highest BCUT2D eigenvalue weighted by Crippen LogP contribution is 2.40. The quantitative estimate of drug-likeness (QED) is 0.647. The van der Waals surface area contributed by atoms with E-state index in [1.54, 1.807) is 12.1 Å². The molecular formula is C23H31NO3. The number of carbonyl (C=O) groups is 1. The van der Waals surface area contributed by atoms with Gasteiger partial charge in [-0.15, -0.1) is 0 Å². The van der Waals surface area contributed by atoms with Crippen molar-refractivity contribution in [2.75, 3.05) is 5.32 Å². The molecule has 0 bridgehead atoms. The van der Waals surface area contributed by atoms with Gasteiger partial charge in [-0.1, -0.05) is 40.0 Å². The third kappa shape index (κ3) is 4.55. The lowest BCUT2D eigenvalue weighted by Gasteiger charge is -2.31. The first-order valence-corrected chi connectivity index (χ1v) is 9.96. The summed E-state index contributed by atoms with van der Waals surface area (Å²) in [6.07, 6.45) is 6.27. The van der Waals surface area contributed by atoms with Crippen molar-refractivity contribution in [3.8, 4) is 0 Å². The molecule has 1 atom stereocenters. The highest BCUT2D eigenvalue weighted by molar-refractivity contribution is 5.88. The number of carboxylic acid groups (broad SMARTS) is 1. The van der Waals surface area contributed by atoms with Crippen molar-refractivity contribution in [2.24, 2.45) is 5.92 Å². The van der Waals surface area contributed by atoms with Gasteiger partial charge >= 0.3 is 5.97 Å². The summed E-state index contributed by atoms with van der Waals surface area (Å²) in [7, 11) is 0. The van der Waals surface area contributed by atoms with Crippen LogP contribution in [-0.2, 0) is 5.41 Å². The van der Waals surface area contributed by atoms with E-state index in [1.807, 2.05) is 12.1 Å². The summed E-state index contributed by atoms with van der Waals surface area (Å²) in [6.45, 7) is 8.56. The van der Waals surface area contributed by atoms with Crippen LogP contribution in [0.5, 0.6) is 0 Å². The molecule has 1 fully saturated rings. The third-order valence-corrected chi connectivity index (χ3v) is 5.61. The number of aryl methyl sites for hydroxylation is 1. The van der Waals surface area contributed by atoms with Gasteiger partial charge in [0.05, 0.1) is 11.6 Å². The first kappa shape index (κ1) is 19.5. The fourth-order valence-corrected chi connectivity index (χ4v) is 3.98. The number of anilines is 1. The summed E-state index contributed by atoms with van der Waals surface area (Å²) in [5.74, 6) is 1.65. The maximum atomic E-state index is 11.1. The van der Waals surface area contributed by atoms with E-state index in [-0.39, 0.29) is 11.5 Å². The number of aromatic carboxylic acids is 1. The van der Waals surface area contributed by atoms with Crippen molar-refractivity contribution in [1.29, 1.82) is 0 Å². The van der Waals surface area contributed by atoms with Crippen LogP contribution in [-0.4, -0.2) is 11.1 Å². The van der Waals surface area contributed by atoms with Gasteiger partial charge in [-0.05, 0) is 56.0 Å². The van der Waals surface area contributed by atoms with Gasteiger partial charge in [0.25, 0.3) is 0 Å². The third-order valence-electron chi connectivity index (χ3n) is 5.61. The van der Waals surface area contributed by atoms with Crippen molar-refractivity contribution in [2.45, 2.75) is 71.3 Å². The van der Waals surface area contributed by atoms with Crippen molar-refractivity contribution in [1.82, 2.24) is 0 Å². The predicted molar refractivity (Wildman–Crippen MR) is 108 cm³/mol. The van der Waals surface area contributed by atoms with E-state index < -0.39 is 5.97 Å². The number of nitrogens with one attached hydrogen (secondary N) is 1. The van der Waals surface area contributed by atoms with Crippen LogP contribution in [0.2, 0.25) is 0 Å². The number of hydrogen-bond donors (Lipinski definition) is 2. The summed E-state index contributed by atoms with van der Waals surface area (Å²) in [5.41, 5.74) is 2.47. The minimum atomic E-state index is -0.897. The minimum absolute atomic E-state index is 0.0245. The van der Waals surface area contributed by atoms with E-state index >= 15 is 0 Å². The van der Waals surface area contributed by atoms with Gasteiger partial charge in [-0.3, -0.25) is 0 Å². The SMILES string of the molecule is Cc1oc(C(C)(C)C)cc1C(Nc1ccc(C(=O)O)cc1)C1CCCCC1. The molecule has 4 heteroatoms. The molecule has 146 valence electrons. The normalized spacial score (nSPS) is 16.9. The zero-order valence-electron chi connectivity index (χ0n) is 16.8. The fourth-order valence-electron chi connectivity index (χ4n) is 3.98. The van der Waals surface area contributed by atoms with E-state index in [2.05, 4.69) is 39.1 Å². The molecule has 0 amide bonds. The Hall–Kier alpha value is -2.23. The van der Waals surface area contributed by atoms with Crippen LogP contribution in [0, 0.1) is 12.8 Å². The fraction of sp³-hybridized carbons (Fsp3) is 0.522. The molecular weight excluding hydrogens is 338 g/mol. The Kier molecular flexibility index (Phi) is 5.64. The highest BCUT2D eigenvalue weighted by Gasteiger charge is 2.30. The second-order valence-electron chi connectivity index (χ2n) is 8.77. The Bertz CT molecular complexity index is 777. The van der Waals surface area contributed by atoms with Crippen molar-refractivity contribution in [3.05, 3.63) is 53.0 Å². The van der Waals surface area contributed by atoms with Crippen LogP contribution in [0.15, 0.2) is 34.7 Å². The van der Waals surface area contributed by atoms with Crippen LogP contribution in [0.25, 0.3) is 0 Å². The Balaban J connectivity index is 1.91. The summed E-state index contributed by atoms with van der Waals surface area (Å²) in [6, 6.07) is 9.43. The molecule has 1 aliphatic rings. The molecule has 1 heterocycles. The maximum Gasteiger partial charge on any atom is 0.335 e. The second-order valence-corrected chi connectivity index (χ2v) is 8.77. The Morgan fingerprint density at radius 3 is 2.30 bits per heavy atom. The van der Waals surface area contributed by atoms with Crippen molar-refractivity contribution in [3.63, 3.8) is 0 Å². The molecule has 4 nitrogen and oxygen atoms in total. The molecule has 1 unspecified atom stereocenters. The molecule has 0 aliphatic heterocycles. The molecule has 1 saturated carbocycles. The van der Waals surface area contributed by atoms with Gasteiger partial charge in [-0.25, -0.2) is 4.79 Å². The van der Waals surface area contributed by atoms with Crippen LogP contribution in [0.1, 0.15) is 86.4 Å². The topological polar surface area (TPSA) is 62.5 Å². The molecule has 3 rings (SSSR count). The largest absolute Gasteiger partial charge is 0.478 e. The number of benzene rings is 1. The van der Waals surface area contributed by atoms with E-state index in [1.165, 1.54) is 37.7 Å². The molecule has 0 saturated heterocycles. The number of furan rings is 1. The van der Waals surface area contributed by atoms with Gasteiger partial charge < -0.3 is 14.8 Å². The van der Waals surface area contributed by atoms with E-state index in [0.717, 1.165) is 17.2 Å². The molecule has 0 spiro atoms. The van der Waals surface area contributed by atoms with E-state index in [4.69, 9.17) is 9.52 Å². The Labute approximate surface area is 162 Å². The average Bonchev–Trinajstić information content (AvgIpc) is 3.03. The monoisotopic (exact) mass is 369 g/mol. The van der Waals surface area contributed by atoms with Gasteiger partial charge in [0, 0.05) is 16.7 Å². The number of carboxylic acids is 1. The molecule has 2 aromatic rings. The first-order chi connectivity index (χ1) is 12.8. The predicted octanol–water partition coefficient (Wildman–Crippen LogP) is 6.32. The zero-order valence-corrected chi connectivity index (χ0v) is 16.8. The number of hydrogen-bond acceptors (Lipinski definition) is 3. The lowest BCUT2D eigenvalue weighted by molar-refractivity contribution is 0.0697. The Morgan fingerprint density at radius 1 is 1.15 bits per heavy atom. The van der Waals surface area contributed by atoms with Gasteiger partial charge in [0.1, 0.15) is 11.5 Å². The van der Waals surface area contributed by atoms with Crippen molar-refractivity contribution < 1.29 is 14.3 Å². The van der Waals surface area contributed by atoms with Gasteiger partial charge in [0.15, 0.2) is 0 Å². The number of rotatable bonds is 5. The average molecular weight is 370 g/mol. The minimum Gasteiger partial charge on any atom is -0.478 e. The van der Waals surface area contributed by atoms with Crippen LogP contribution < -0.4 is 5.32 Å². The molecule has 0 radical (unpaired) electrons. The Morgan fingerprint density at radius 2 is 1.78 bits per heavy atom. The summed E-state index contributed by atoms with van der Waals surface area (Å²) in [5, 5.41) is 12.8. The summed E-state index contributed by atoms with van der Waals surface area (Å²) < 4.78 is 6.12. The van der Waals surface area contributed by atoms with Crippen molar-refractivity contribution >= 4 is 11.7 Å². The smallest absolute Gasteiger partial charge is 0.335 e. The van der Waals surface area contributed by atoms with Gasteiger partial charge in [0.2, 0.25) is 0 Å². The van der Waals surface area contributed by atoms with Crippen LogP contribution in [0.4, 0.5) is 5.69 Å². The second kappa shape index (κ2) is 7.79. The maximum absolute atomic E-state index is 11.1. The summed E-state index contributed by atoms with van der Waals surface area (Å²) in [4.78, 5) is 11.1. The molecule has 27 heavy (non-hydrogen) atoms. The molecule has 1 aliphatic carbocycles. The van der Waals surface area contributed by atoms with Crippen LogP contribution in [0.3, 0.4) is 0 Å². The van der Waals surface area contributed by atoms with Gasteiger partial charge in [-0.2, -0.15) is 0 Å². The molecule has 1 aromatic carbocycles. The molecule has 1 aromatic heterocycles. The zero-order chi connectivity index (χ0) is 19.6. The van der Waals surface area contributed by atoms with E-state index in [0.29, 0.717) is 11.5 Å². The molecule has 2 N–H and O–H groups in total. The lowest BCUT2D eigenvalue weighted by atomic mass is 9.80. The highest BCUT2D eigenvalue weighted by atomic mass is 16.4. The standard InChI is InChI=1S/C23H31NO3/c1-15-19(14-20(27-15)23(2,3)4)21(16-8-6-5-7-9-16)24-18-12-10-17(11-13-18)22(25)26/h10-14,16,21,24H,5-9H2,1-4H3,(H,25,26). The first-order valence-electron chi connectivity index (χ1n) is 9.96. The van der Waals surface area contributed by atoms with E-state index in [9.17, 15) is 4.79 Å². The summed E-state index contributed by atoms with van der Waals surface area (Å²) >= 11 is 0. The lowest BCUT2D eigenvalue weighted by Crippen LogP contribution is -2.23.